The number of nitrogens with one attached hydrogen (secondary N) is 2. The number of fused-ring (bicyclic) bond motifs is 5. The normalized spacial score (nSPS) is 33.1. The number of Topliss-reactive ketones (excluding diaryl/α,β-unsaturated/α-hetero) is 1. The molecule has 81 heavy (non-hydrogen) atoms. The molecule has 0 aromatic heterocycles. The van der Waals surface area contributed by atoms with E-state index in [9.17, 15) is 59.4 Å². The fourth-order valence-corrected chi connectivity index (χ4v) is 12.3. The summed E-state index contributed by atoms with van der Waals surface area (Å²) >= 11 is 0. The van der Waals surface area contributed by atoms with Gasteiger partial charge in [-0.15, -0.1) is 0 Å². The first-order chi connectivity index (χ1) is 38.2. The predicted molar refractivity (Wildman–Crippen MR) is 276 cm³/mol. The summed E-state index contributed by atoms with van der Waals surface area (Å²) in [5.41, 5.74) is -2.14. The second kappa shape index (κ2) is 23.5. The van der Waals surface area contributed by atoms with Gasteiger partial charge in [-0.05, 0) is 54.8 Å². The van der Waals surface area contributed by atoms with Gasteiger partial charge in [-0.25, -0.2) is 9.59 Å². The Morgan fingerprint density at radius 3 is 1.98 bits per heavy atom. The van der Waals surface area contributed by atoms with Gasteiger partial charge in [0.25, 0.3) is 5.91 Å². The fourth-order valence-electron chi connectivity index (χ4n) is 12.3. The van der Waals surface area contributed by atoms with Crippen molar-refractivity contribution in [2.45, 2.75) is 151 Å². The summed E-state index contributed by atoms with van der Waals surface area (Å²) < 4.78 is 41.6. The molecule has 2 amide bonds. The minimum absolute atomic E-state index is 0.00624. The highest BCUT2D eigenvalue weighted by molar-refractivity contribution is 5.97. The van der Waals surface area contributed by atoms with Crippen LogP contribution >= 0.6 is 0 Å². The molecule has 3 aromatic rings. The van der Waals surface area contributed by atoms with Crippen LogP contribution in [0.3, 0.4) is 0 Å². The SMILES string of the molecule is CC(=O)O[C@H]1C(=O)[C@@]2(C)C([C@H](OC(=O)c3ccccc3)[C@]3(O)C[C@H](OC(=O)[C@H](OC(=O)C(N)CC(=O)N[C@H]4[C@H](O)[C@@H](CO)OC(O)[C@@H]4O)[C@@H](NC(=O)c4ccccc4)c4ccccc4)C(C)=C1C3(C)C)[C@]1(OC(C)=O)CO[C@@H]1C[C@@H]2O. The van der Waals surface area contributed by atoms with Crippen LogP contribution in [0, 0.1) is 16.7 Å². The summed E-state index contributed by atoms with van der Waals surface area (Å²) in [6.07, 6.45) is -19.8. The Morgan fingerprint density at radius 1 is 0.802 bits per heavy atom. The number of aliphatic hydroxyl groups is 6. The highest BCUT2D eigenvalue weighted by atomic mass is 16.6. The van der Waals surface area contributed by atoms with Crippen LogP contribution in [0.4, 0.5) is 0 Å². The zero-order chi connectivity index (χ0) is 59.1. The van der Waals surface area contributed by atoms with E-state index < -0.39 is 181 Å². The standard InChI is InChI=1S/C57H67N3O21/c1-27-34(24-57(74)48(80-50(70)32-20-14-9-15-21-32)46-55(6,36(64)23-37-56(46,26-75-37)81-29(3)63)47(68)44(76-28(2)62)39(27)54(57,4)5)77-53(73)45(40(30-16-10-7-11-17-30)60-49(69)31-18-12-8-13-19-31)79-51(71)33(58)22-38(65)59-41-42(66)35(25-61)78-52(72)43(41)67/h7-21,33-37,40-46,48,52,61,64,66-67,72,74H,22-26,58H2,1-6H3,(H,59,65)(H,60,69)/t33?,34-,35+,36-,37+,40-,41-,42+,43+,44+,45+,46?,48-,52?,55+,56-,57+/m0/s1. The van der Waals surface area contributed by atoms with Crippen LogP contribution in [0.5, 0.6) is 0 Å². The molecule has 0 radical (unpaired) electrons. The van der Waals surface area contributed by atoms with Gasteiger partial charge < -0.3 is 80.2 Å². The van der Waals surface area contributed by atoms with Crippen LogP contribution in [0.2, 0.25) is 0 Å². The summed E-state index contributed by atoms with van der Waals surface area (Å²) in [5.74, 6) is -10.3. The number of hydrogen-bond acceptors (Lipinski definition) is 22. The molecule has 0 spiro atoms. The lowest BCUT2D eigenvalue weighted by Gasteiger charge is -2.67. The van der Waals surface area contributed by atoms with Crippen LogP contribution in [0.15, 0.2) is 102 Å². The zero-order valence-electron chi connectivity index (χ0n) is 45.2. The highest BCUT2D eigenvalue weighted by Crippen LogP contribution is 2.64. The van der Waals surface area contributed by atoms with E-state index in [0.29, 0.717) is 0 Å². The van der Waals surface area contributed by atoms with Crippen molar-refractivity contribution in [3.05, 3.63) is 119 Å². The van der Waals surface area contributed by atoms with Crippen molar-refractivity contribution in [2.24, 2.45) is 22.5 Å². The van der Waals surface area contributed by atoms with Crippen LogP contribution < -0.4 is 16.4 Å². The van der Waals surface area contributed by atoms with Crippen LogP contribution in [-0.4, -0.2) is 176 Å². The van der Waals surface area contributed by atoms with Gasteiger partial charge in [0.1, 0.15) is 54.3 Å². The molecule has 2 heterocycles. The highest BCUT2D eigenvalue weighted by Gasteiger charge is 2.78. The third kappa shape index (κ3) is 11.1. The third-order valence-electron chi connectivity index (χ3n) is 16.6. The van der Waals surface area contributed by atoms with Gasteiger partial charge in [-0.1, -0.05) is 80.6 Å². The number of ketones is 1. The molecule has 3 aromatic carbocycles. The Bertz CT molecular complexity index is 2930. The van der Waals surface area contributed by atoms with Gasteiger partial charge in [-0.2, -0.15) is 0 Å². The molecule has 436 valence electrons. The summed E-state index contributed by atoms with van der Waals surface area (Å²) in [4.78, 5) is 114. The van der Waals surface area contributed by atoms with E-state index in [4.69, 9.17) is 38.9 Å². The van der Waals surface area contributed by atoms with Crippen molar-refractivity contribution in [3.63, 3.8) is 0 Å². The average molecular weight is 1130 g/mol. The van der Waals surface area contributed by atoms with Gasteiger partial charge in [0.2, 0.25) is 12.0 Å². The van der Waals surface area contributed by atoms with Crippen molar-refractivity contribution >= 4 is 47.4 Å². The number of carbonyl (C=O) groups excluding carboxylic acids is 8. The van der Waals surface area contributed by atoms with Crippen molar-refractivity contribution in [1.82, 2.24) is 10.6 Å². The number of hydrogen-bond donors (Lipinski definition) is 9. The topological polar surface area (TPSA) is 373 Å². The van der Waals surface area contributed by atoms with E-state index in [0.717, 1.165) is 13.8 Å². The molecule has 4 fully saturated rings. The van der Waals surface area contributed by atoms with E-state index in [2.05, 4.69) is 10.6 Å². The predicted octanol–water partition coefficient (Wildman–Crippen LogP) is -0.0799. The molecule has 5 aliphatic rings. The second-order valence-corrected chi connectivity index (χ2v) is 21.9. The zero-order valence-corrected chi connectivity index (χ0v) is 45.2. The number of rotatable bonds is 16. The van der Waals surface area contributed by atoms with Gasteiger partial charge >= 0.3 is 29.8 Å². The Balaban J connectivity index is 1.24. The van der Waals surface area contributed by atoms with Gasteiger partial charge in [0.15, 0.2) is 23.8 Å². The Kier molecular flexibility index (Phi) is 17.4. The Hall–Kier alpha value is -7.00. The van der Waals surface area contributed by atoms with E-state index in [1.165, 1.54) is 64.1 Å². The summed E-state index contributed by atoms with van der Waals surface area (Å²) in [5, 5.41) is 72.4. The number of benzene rings is 3. The van der Waals surface area contributed by atoms with Crippen molar-refractivity contribution in [2.75, 3.05) is 13.2 Å². The first-order valence-corrected chi connectivity index (χ1v) is 26.3. The monoisotopic (exact) mass is 1130 g/mol. The molecule has 8 rings (SSSR count). The van der Waals surface area contributed by atoms with Gasteiger partial charge in [0, 0.05) is 37.7 Å². The first-order valence-electron chi connectivity index (χ1n) is 26.3. The molecule has 2 bridgehead atoms. The largest absolute Gasteiger partial charge is 0.455 e. The molecule has 2 saturated heterocycles. The molecule has 10 N–H and O–H groups in total. The fraction of sp³-hybridized carbons (Fsp3) is 0.509. The maximum absolute atomic E-state index is 15.8. The van der Waals surface area contributed by atoms with E-state index >= 15 is 9.59 Å². The van der Waals surface area contributed by atoms with Gasteiger partial charge in [0.05, 0.1) is 48.7 Å². The van der Waals surface area contributed by atoms with Crippen LogP contribution in [-0.2, 0) is 61.9 Å². The quantitative estimate of drug-likeness (QED) is 0.0514. The number of ether oxygens (including phenoxy) is 7. The van der Waals surface area contributed by atoms with Crippen LogP contribution in [0.1, 0.15) is 93.1 Å². The molecule has 2 saturated carbocycles. The third-order valence-corrected chi connectivity index (χ3v) is 16.6. The number of esters is 5. The average Bonchev–Trinajstić information content (AvgIpc) is 2.31. The molecule has 3 unspecified atom stereocenters. The summed E-state index contributed by atoms with van der Waals surface area (Å²) in [6, 6.07) is 17.8. The molecule has 24 heteroatoms. The summed E-state index contributed by atoms with van der Waals surface area (Å²) in [7, 11) is 0. The second-order valence-electron chi connectivity index (χ2n) is 21.9. The number of carbonyl (C=O) groups is 8. The van der Waals surface area contributed by atoms with Crippen molar-refractivity contribution < 1.29 is 102 Å². The van der Waals surface area contributed by atoms with Crippen molar-refractivity contribution in [3.8, 4) is 0 Å². The van der Waals surface area contributed by atoms with E-state index in [-0.39, 0.29) is 34.3 Å². The van der Waals surface area contributed by atoms with E-state index in [1.807, 2.05) is 0 Å². The first kappa shape index (κ1) is 60.1. The lowest BCUT2D eigenvalue weighted by Crippen LogP contribution is -2.82. The number of amides is 2. The molecule has 2 aliphatic heterocycles. The number of nitrogens with two attached hydrogens (primary N) is 1. The molecule has 24 nitrogen and oxygen atoms in total. The maximum atomic E-state index is 15.8. The molecule has 17 atom stereocenters. The number of aliphatic hydroxyl groups excluding tert-OH is 5. The minimum Gasteiger partial charge on any atom is -0.455 e. The van der Waals surface area contributed by atoms with E-state index in [1.54, 1.807) is 54.6 Å². The lowest BCUT2D eigenvalue weighted by molar-refractivity contribution is -0.346. The van der Waals surface area contributed by atoms with Gasteiger partial charge in [-0.3, -0.25) is 28.8 Å². The minimum atomic E-state index is -2.59. The van der Waals surface area contributed by atoms with Crippen LogP contribution in [0.25, 0.3) is 0 Å². The Labute approximate surface area is 464 Å². The molecule has 3 aliphatic carbocycles. The smallest absolute Gasteiger partial charge is 0.350 e. The maximum Gasteiger partial charge on any atom is 0.350 e. The van der Waals surface area contributed by atoms with Crippen molar-refractivity contribution in [1.29, 1.82) is 0 Å². The molecular weight excluding hydrogens is 1060 g/mol. The molecular formula is C57H67N3O21. The lowest BCUT2D eigenvalue weighted by atomic mass is 9.44. The Morgan fingerprint density at radius 2 is 1.41 bits per heavy atom. The summed E-state index contributed by atoms with van der Waals surface area (Å²) in [6.45, 7) is 6.62.